The maximum absolute atomic E-state index is 2.50. The molecule has 4 rings (SSSR count). The Morgan fingerprint density at radius 3 is 2.11 bits per heavy atom. The van der Waals surface area contributed by atoms with Gasteiger partial charge in [-0.25, -0.2) is 0 Å². The van der Waals surface area contributed by atoms with E-state index in [0.717, 1.165) is 65.1 Å². The second kappa shape index (κ2) is 9.87. The molecular formula is C28H52. The van der Waals surface area contributed by atoms with Gasteiger partial charge in [0, 0.05) is 0 Å². The third-order valence-electron chi connectivity index (χ3n) is 9.79. The van der Waals surface area contributed by atoms with Crippen molar-refractivity contribution >= 4 is 0 Å². The van der Waals surface area contributed by atoms with Crippen molar-refractivity contribution in [2.75, 3.05) is 0 Å². The van der Waals surface area contributed by atoms with Crippen molar-refractivity contribution in [3.63, 3.8) is 0 Å². The molecule has 164 valence electrons. The Morgan fingerprint density at radius 1 is 0.750 bits per heavy atom. The smallest absolute Gasteiger partial charge is 0.0352 e. The van der Waals surface area contributed by atoms with Crippen molar-refractivity contribution < 1.29 is 0 Å². The summed E-state index contributed by atoms with van der Waals surface area (Å²) in [4.78, 5) is 0. The van der Waals surface area contributed by atoms with E-state index in [-0.39, 0.29) is 0 Å². The standard InChI is InChI=1S/2C14H26/c1-10(2)4-5-12-6-7-13-8-11(3)9-14(12)13;1-5-11-6-10(4)13-7-12(9(2)3)8-14(11)13/h10-14H,4-9H2,1-3H3;9-14H,5-8H2,1-4H3. The zero-order chi connectivity index (χ0) is 20.4. The third-order valence-corrected chi connectivity index (χ3v) is 9.79. The molecule has 0 spiro atoms. The van der Waals surface area contributed by atoms with Crippen LogP contribution in [0.15, 0.2) is 0 Å². The van der Waals surface area contributed by atoms with Gasteiger partial charge in [0.2, 0.25) is 0 Å². The molecule has 4 fully saturated rings. The van der Waals surface area contributed by atoms with Gasteiger partial charge in [0.1, 0.15) is 0 Å². The van der Waals surface area contributed by atoms with E-state index in [1.807, 2.05) is 0 Å². The first-order valence-electron chi connectivity index (χ1n) is 13.3. The third kappa shape index (κ3) is 5.18. The van der Waals surface area contributed by atoms with Crippen LogP contribution < -0.4 is 0 Å². The van der Waals surface area contributed by atoms with Gasteiger partial charge < -0.3 is 0 Å². The molecule has 0 radical (unpaired) electrons. The first-order valence-corrected chi connectivity index (χ1v) is 13.3. The highest BCUT2D eigenvalue weighted by Crippen LogP contribution is 2.55. The van der Waals surface area contributed by atoms with E-state index in [4.69, 9.17) is 0 Å². The van der Waals surface area contributed by atoms with Crippen LogP contribution in [0.2, 0.25) is 0 Å². The highest BCUT2D eigenvalue weighted by Gasteiger charge is 2.46. The summed E-state index contributed by atoms with van der Waals surface area (Å²) in [6.07, 6.45) is 15.2. The lowest BCUT2D eigenvalue weighted by atomic mass is 9.86. The predicted molar refractivity (Wildman–Crippen MR) is 124 cm³/mol. The van der Waals surface area contributed by atoms with Crippen LogP contribution in [0.25, 0.3) is 0 Å². The number of hydrogen-bond acceptors (Lipinski definition) is 0. The number of hydrogen-bond donors (Lipinski definition) is 0. The molecule has 0 aliphatic heterocycles. The monoisotopic (exact) mass is 388 g/mol. The lowest BCUT2D eigenvalue weighted by molar-refractivity contribution is 0.309. The van der Waals surface area contributed by atoms with E-state index in [9.17, 15) is 0 Å². The molecule has 0 nitrogen and oxygen atoms in total. The highest BCUT2D eigenvalue weighted by atomic mass is 14.5. The van der Waals surface area contributed by atoms with Gasteiger partial charge in [-0.05, 0) is 116 Å². The second-order valence-corrected chi connectivity index (χ2v) is 12.5. The largest absolute Gasteiger partial charge is 0.0651 e. The SMILES string of the molecule is CC(C)CCC1CCC2CC(C)CC12.CCC1CC(C)C2CC(C(C)C)CC12. The molecule has 28 heavy (non-hydrogen) atoms. The van der Waals surface area contributed by atoms with E-state index in [0.29, 0.717) is 0 Å². The van der Waals surface area contributed by atoms with E-state index < -0.39 is 0 Å². The summed E-state index contributed by atoms with van der Waals surface area (Å²) in [5.41, 5.74) is 0. The van der Waals surface area contributed by atoms with Crippen LogP contribution >= 0.6 is 0 Å². The Morgan fingerprint density at radius 2 is 1.46 bits per heavy atom. The Bertz CT molecular complexity index is 463. The van der Waals surface area contributed by atoms with Gasteiger partial charge in [0.15, 0.2) is 0 Å². The number of fused-ring (bicyclic) bond motifs is 2. The van der Waals surface area contributed by atoms with Crippen molar-refractivity contribution in [3.05, 3.63) is 0 Å². The molecule has 9 unspecified atom stereocenters. The van der Waals surface area contributed by atoms with Crippen molar-refractivity contribution in [2.45, 2.75) is 113 Å². The molecule has 0 N–H and O–H groups in total. The van der Waals surface area contributed by atoms with Crippen LogP contribution in [0, 0.1) is 65.1 Å². The maximum Gasteiger partial charge on any atom is -0.0352 e. The van der Waals surface area contributed by atoms with Crippen LogP contribution in [0.3, 0.4) is 0 Å². The molecule has 0 aromatic carbocycles. The quantitative estimate of drug-likeness (QED) is 0.441. The van der Waals surface area contributed by atoms with Gasteiger partial charge in [-0.3, -0.25) is 0 Å². The Labute approximate surface area is 178 Å². The Balaban J connectivity index is 0.000000161. The zero-order valence-corrected chi connectivity index (χ0v) is 20.4. The van der Waals surface area contributed by atoms with Gasteiger partial charge in [-0.1, -0.05) is 61.3 Å². The summed E-state index contributed by atoms with van der Waals surface area (Å²) in [6, 6.07) is 0. The summed E-state index contributed by atoms with van der Waals surface area (Å²) in [6.45, 7) is 16.9. The fourth-order valence-corrected chi connectivity index (χ4v) is 8.08. The highest BCUT2D eigenvalue weighted by molar-refractivity contribution is 4.96. The molecule has 4 aliphatic rings. The van der Waals surface area contributed by atoms with Crippen molar-refractivity contribution in [3.8, 4) is 0 Å². The minimum atomic E-state index is 0.910. The average Bonchev–Trinajstić information content (AvgIpc) is 3.36. The molecule has 0 heterocycles. The van der Waals surface area contributed by atoms with Crippen LogP contribution in [0.4, 0.5) is 0 Å². The van der Waals surface area contributed by atoms with Crippen molar-refractivity contribution in [1.29, 1.82) is 0 Å². The molecule has 0 bridgehead atoms. The molecule has 4 aliphatic carbocycles. The van der Waals surface area contributed by atoms with Crippen molar-refractivity contribution in [1.82, 2.24) is 0 Å². The van der Waals surface area contributed by atoms with E-state index >= 15 is 0 Å². The Kier molecular flexibility index (Phi) is 8.00. The number of rotatable bonds is 5. The van der Waals surface area contributed by atoms with Gasteiger partial charge in [0.25, 0.3) is 0 Å². The van der Waals surface area contributed by atoms with Crippen molar-refractivity contribution in [2.24, 2.45) is 65.1 Å². The topological polar surface area (TPSA) is 0 Å². The van der Waals surface area contributed by atoms with Crippen LogP contribution in [0.5, 0.6) is 0 Å². The van der Waals surface area contributed by atoms with Gasteiger partial charge in [-0.2, -0.15) is 0 Å². The van der Waals surface area contributed by atoms with Crippen LogP contribution in [-0.4, -0.2) is 0 Å². The average molecular weight is 389 g/mol. The maximum atomic E-state index is 2.50. The molecule has 4 saturated carbocycles. The molecule has 0 heteroatoms. The van der Waals surface area contributed by atoms with Gasteiger partial charge in [-0.15, -0.1) is 0 Å². The molecular weight excluding hydrogens is 336 g/mol. The summed E-state index contributed by atoms with van der Waals surface area (Å²) < 4.78 is 0. The van der Waals surface area contributed by atoms with Gasteiger partial charge >= 0.3 is 0 Å². The lowest BCUT2D eigenvalue weighted by Gasteiger charge is -2.19. The summed E-state index contributed by atoms with van der Waals surface area (Å²) >= 11 is 0. The van der Waals surface area contributed by atoms with E-state index in [1.165, 1.54) is 25.7 Å². The first kappa shape index (κ1) is 22.7. The predicted octanol–water partition coefficient (Wildman–Crippen LogP) is 8.85. The summed E-state index contributed by atoms with van der Waals surface area (Å²) in [5, 5.41) is 0. The minimum Gasteiger partial charge on any atom is -0.0651 e. The van der Waals surface area contributed by atoms with Crippen LogP contribution in [0.1, 0.15) is 113 Å². The Hall–Kier alpha value is 0. The first-order chi connectivity index (χ1) is 13.3. The fourth-order valence-electron chi connectivity index (χ4n) is 8.08. The second-order valence-electron chi connectivity index (χ2n) is 12.5. The van der Waals surface area contributed by atoms with E-state index in [1.54, 1.807) is 38.5 Å². The fraction of sp³-hybridized carbons (Fsp3) is 1.00. The normalized spacial score (nSPS) is 44.7. The molecule has 9 atom stereocenters. The summed E-state index contributed by atoms with van der Waals surface area (Å²) in [7, 11) is 0. The van der Waals surface area contributed by atoms with Gasteiger partial charge in [0.05, 0.1) is 0 Å². The minimum absolute atomic E-state index is 0.910. The van der Waals surface area contributed by atoms with E-state index in [2.05, 4.69) is 48.5 Å². The molecule has 0 aromatic heterocycles. The summed E-state index contributed by atoms with van der Waals surface area (Å²) in [5.74, 6) is 11.5. The van der Waals surface area contributed by atoms with Crippen LogP contribution in [-0.2, 0) is 0 Å². The molecule has 0 saturated heterocycles. The lowest BCUT2D eigenvalue weighted by Crippen LogP contribution is -2.10. The molecule has 0 aromatic rings. The zero-order valence-electron chi connectivity index (χ0n) is 20.4. The molecule has 0 amide bonds.